The number of likely N-dealkylation sites (N-methyl/N-ethyl adjacent to an activating group) is 1. The van der Waals surface area contributed by atoms with Gasteiger partial charge in [-0.05, 0) is 48.2 Å². The molecule has 9 nitrogen and oxygen atoms in total. The number of aromatic nitrogens is 2. The summed E-state index contributed by atoms with van der Waals surface area (Å²) in [6.45, 7) is 2.04. The van der Waals surface area contributed by atoms with E-state index in [4.69, 9.17) is 23.2 Å². The van der Waals surface area contributed by atoms with Gasteiger partial charge in [-0.25, -0.2) is 4.98 Å². The Balaban J connectivity index is 1.52. The fourth-order valence-electron chi connectivity index (χ4n) is 4.03. The van der Waals surface area contributed by atoms with Crippen molar-refractivity contribution in [3.63, 3.8) is 0 Å². The number of para-hydroxylation sites is 1. The van der Waals surface area contributed by atoms with E-state index in [0.29, 0.717) is 34.6 Å². The van der Waals surface area contributed by atoms with E-state index >= 15 is 0 Å². The van der Waals surface area contributed by atoms with Gasteiger partial charge in [-0.1, -0.05) is 35.3 Å². The van der Waals surface area contributed by atoms with Gasteiger partial charge >= 0.3 is 0 Å². The van der Waals surface area contributed by atoms with E-state index in [1.54, 1.807) is 32.3 Å². The Morgan fingerprint density at radius 3 is 2.50 bits per heavy atom. The van der Waals surface area contributed by atoms with Crippen molar-refractivity contribution in [1.82, 2.24) is 25.5 Å². The monoisotopic (exact) mass is 527 g/mol. The maximum atomic E-state index is 12.3. The second kappa shape index (κ2) is 11.6. The van der Waals surface area contributed by atoms with Crippen molar-refractivity contribution in [2.45, 2.75) is 12.8 Å². The summed E-state index contributed by atoms with van der Waals surface area (Å²) < 4.78 is 0. The molecule has 11 heteroatoms. The average Bonchev–Trinajstić information content (AvgIpc) is 3.08. The molecule has 1 aromatic heterocycles. The average molecular weight is 528 g/mol. The van der Waals surface area contributed by atoms with Gasteiger partial charge in [0.05, 0.1) is 29.0 Å². The lowest BCUT2D eigenvalue weighted by Crippen LogP contribution is -2.37. The molecule has 0 fully saturated rings. The SMILES string of the molecule is CNC(=O)CN1CCc2ccc(Nc3ncc(Cl)c(Nc4c(Cl)cccc4C(=O)NC)n3)cc2CC1. The smallest absolute Gasteiger partial charge is 0.253 e. The number of fused-ring (bicyclic) bond motifs is 1. The first-order valence-corrected chi connectivity index (χ1v) is 12.3. The number of halogens is 2. The molecule has 0 atom stereocenters. The quantitative estimate of drug-likeness (QED) is 0.370. The lowest BCUT2D eigenvalue weighted by Gasteiger charge is -2.18. The van der Waals surface area contributed by atoms with Crippen LogP contribution < -0.4 is 21.3 Å². The number of amides is 2. The minimum absolute atomic E-state index is 0.0202. The Labute approximate surface area is 219 Å². The molecule has 0 radical (unpaired) electrons. The van der Waals surface area contributed by atoms with Crippen molar-refractivity contribution in [2.24, 2.45) is 0 Å². The molecule has 188 valence electrons. The maximum absolute atomic E-state index is 12.3. The number of rotatable bonds is 7. The van der Waals surface area contributed by atoms with Crippen LogP contribution in [0.2, 0.25) is 10.0 Å². The summed E-state index contributed by atoms with van der Waals surface area (Å²) in [4.78, 5) is 35.0. The van der Waals surface area contributed by atoms with Crippen LogP contribution in [0, 0.1) is 0 Å². The first-order valence-electron chi connectivity index (χ1n) is 11.5. The molecule has 0 bridgehead atoms. The summed E-state index contributed by atoms with van der Waals surface area (Å²) in [7, 11) is 3.20. The molecule has 0 spiro atoms. The highest BCUT2D eigenvalue weighted by molar-refractivity contribution is 6.35. The van der Waals surface area contributed by atoms with Gasteiger partial charge in [0.1, 0.15) is 5.02 Å². The third kappa shape index (κ3) is 6.04. The van der Waals surface area contributed by atoms with Gasteiger partial charge in [-0.3, -0.25) is 14.5 Å². The molecule has 2 heterocycles. The number of hydrogen-bond donors (Lipinski definition) is 4. The largest absolute Gasteiger partial charge is 0.358 e. The normalized spacial score (nSPS) is 13.3. The van der Waals surface area contributed by atoms with Crippen LogP contribution in [0.4, 0.5) is 23.1 Å². The Hall–Kier alpha value is -3.40. The Morgan fingerprint density at radius 1 is 0.972 bits per heavy atom. The standard InChI is InChI=1S/C25H27Cl2N7O2/c1-28-21(35)14-34-10-8-15-6-7-17(12-16(15)9-11-34)31-25-30-13-20(27)23(33-25)32-22-18(24(36)29-2)4-3-5-19(22)26/h3-7,12-13H,8-11,14H2,1-2H3,(H,28,35)(H,29,36)(H2,30,31,32,33). The Morgan fingerprint density at radius 2 is 1.75 bits per heavy atom. The lowest BCUT2D eigenvalue weighted by molar-refractivity contribution is -0.121. The molecule has 36 heavy (non-hydrogen) atoms. The van der Waals surface area contributed by atoms with Crippen LogP contribution in [0.25, 0.3) is 0 Å². The molecule has 1 aliphatic heterocycles. The molecule has 2 amide bonds. The maximum Gasteiger partial charge on any atom is 0.253 e. The van der Waals surface area contributed by atoms with Crippen molar-refractivity contribution in [3.8, 4) is 0 Å². The number of carbonyl (C=O) groups excluding carboxylic acids is 2. The summed E-state index contributed by atoms with van der Waals surface area (Å²) in [5.74, 6) is 0.381. The van der Waals surface area contributed by atoms with Gasteiger partial charge in [0.25, 0.3) is 5.91 Å². The second-order valence-electron chi connectivity index (χ2n) is 8.31. The highest BCUT2D eigenvalue weighted by Gasteiger charge is 2.18. The fraction of sp³-hybridized carbons (Fsp3) is 0.280. The van der Waals surface area contributed by atoms with Gasteiger partial charge in [-0.2, -0.15) is 4.98 Å². The highest BCUT2D eigenvalue weighted by atomic mass is 35.5. The Bertz CT molecular complexity index is 1290. The predicted octanol–water partition coefficient (Wildman–Crippen LogP) is 3.78. The third-order valence-corrected chi connectivity index (χ3v) is 6.57. The Kier molecular flexibility index (Phi) is 8.25. The topological polar surface area (TPSA) is 111 Å². The summed E-state index contributed by atoms with van der Waals surface area (Å²) in [6, 6.07) is 11.2. The first kappa shape index (κ1) is 25.7. The van der Waals surface area contributed by atoms with Crippen molar-refractivity contribution in [1.29, 1.82) is 0 Å². The van der Waals surface area contributed by atoms with E-state index in [2.05, 4.69) is 48.3 Å². The zero-order chi connectivity index (χ0) is 25.7. The van der Waals surface area contributed by atoms with Gasteiger partial charge < -0.3 is 21.3 Å². The number of carbonyl (C=O) groups is 2. The summed E-state index contributed by atoms with van der Waals surface area (Å²) >= 11 is 12.7. The lowest BCUT2D eigenvalue weighted by atomic mass is 10.0. The van der Waals surface area contributed by atoms with Gasteiger partial charge in [0.15, 0.2) is 5.82 Å². The highest BCUT2D eigenvalue weighted by Crippen LogP contribution is 2.32. The molecule has 0 aliphatic carbocycles. The summed E-state index contributed by atoms with van der Waals surface area (Å²) in [5, 5.41) is 12.2. The van der Waals surface area contributed by atoms with Gasteiger partial charge in [0.2, 0.25) is 11.9 Å². The van der Waals surface area contributed by atoms with Crippen molar-refractivity contribution in [3.05, 3.63) is 69.3 Å². The van der Waals surface area contributed by atoms with E-state index in [0.717, 1.165) is 31.6 Å². The number of benzene rings is 2. The molecular weight excluding hydrogens is 501 g/mol. The third-order valence-electron chi connectivity index (χ3n) is 5.98. The second-order valence-corrected chi connectivity index (χ2v) is 9.13. The number of anilines is 4. The van der Waals surface area contributed by atoms with E-state index in [9.17, 15) is 9.59 Å². The zero-order valence-corrected chi connectivity index (χ0v) is 21.5. The van der Waals surface area contributed by atoms with Crippen molar-refractivity contribution < 1.29 is 9.59 Å². The molecule has 0 saturated carbocycles. The van der Waals surface area contributed by atoms with E-state index in [-0.39, 0.29) is 16.8 Å². The van der Waals surface area contributed by atoms with E-state index in [1.165, 1.54) is 17.3 Å². The van der Waals surface area contributed by atoms with Crippen LogP contribution in [0.3, 0.4) is 0 Å². The van der Waals surface area contributed by atoms with Crippen LogP contribution >= 0.6 is 23.2 Å². The van der Waals surface area contributed by atoms with Crippen LogP contribution in [0.5, 0.6) is 0 Å². The van der Waals surface area contributed by atoms with Crippen LogP contribution in [-0.2, 0) is 17.6 Å². The van der Waals surface area contributed by atoms with Gasteiger partial charge in [0, 0.05) is 32.9 Å². The number of nitrogens with one attached hydrogen (secondary N) is 4. The molecule has 3 aromatic rings. The molecule has 2 aromatic carbocycles. The van der Waals surface area contributed by atoms with Crippen LogP contribution in [0.1, 0.15) is 21.5 Å². The number of hydrogen-bond acceptors (Lipinski definition) is 7. The van der Waals surface area contributed by atoms with Crippen LogP contribution in [0.15, 0.2) is 42.6 Å². The minimum Gasteiger partial charge on any atom is -0.358 e. The van der Waals surface area contributed by atoms with E-state index in [1.807, 2.05) is 6.07 Å². The van der Waals surface area contributed by atoms with Crippen LogP contribution in [-0.4, -0.2) is 60.4 Å². The molecule has 1 aliphatic rings. The summed E-state index contributed by atoms with van der Waals surface area (Å²) in [5.41, 5.74) is 4.09. The van der Waals surface area contributed by atoms with Crippen molar-refractivity contribution in [2.75, 3.05) is 44.4 Å². The van der Waals surface area contributed by atoms with E-state index < -0.39 is 0 Å². The summed E-state index contributed by atoms with van der Waals surface area (Å²) in [6.07, 6.45) is 3.20. The molecule has 4 rings (SSSR count). The first-order chi connectivity index (χ1) is 17.4. The molecule has 4 N–H and O–H groups in total. The molecular formula is C25H27Cl2N7O2. The van der Waals surface area contributed by atoms with Gasteiger partial charge in [-0.15, -0.1) is 0 Å². The fourth-order valence-corrected chi connectivity index (χ4v) is 4.39. The minimum atomic E-state index is -0.289. The van der Waals surface area contributed by atoms with Crippen molar-refractivity contribution >= 4 is 58.2 Å². The number of nitrogens with zero attached hydrogens (tertiary/aromatic N) is 3. The predicted molar refractivity (Wildman–Crippen MR) is 143 cm³/mol. The molecule has 0 unspecified atom stereocenters. The zero-order valence-electron chi connectivity index (χ0n) is 20.0. The molecule has 0 saturated heterocycles.